The molecule has 2 rings (SSSR count). The number of rotatable bonds is 4. The van der Waals surface area contributed by atoms with Gasteiger partial charge >= 0.3 is 5.97 Å². The summed E-state index contributed by atoms with van der Waals surface area (Å²) in [4.78, 5) is 20.3. The Balaban J connectivity index is 2.22. The molecule has 1 heterocycles. The maximum atomic E-state index is 11.7. The van der Waals surface area contributed by atoms with Crippen LogP contribution >= 0.6 is 0 Å². The molecule has 1 aliphatic rings. The van der Waals surface area contributed by atoms with Crippen molar-refractivity contribution in [2.24, 2.45) is 5.92 Å². The Kier molecular flexibility index (Phi) is 3.79. The average Bonchev–Trinajstić information content (AvgIpc) is 2.83. The Hall–Kier alpha value is -1.65. The van der Waals surface area contributed by atoms with E-state index in [0.29, 0.717) is 0 Å². The van der Waals surface area contributed by atoms with Crippen LogP contribution in [-0.2, 0) is 22.4 Å². The van der Waals surface area contributed by atoms with Gasteiger partial charge in [-0.25, -0.2) is 14.8 Å². The van der Waals surface area contributed by atoms with Crippen LogP contribution in [0.25, 0.3) is 0 Å². The van der Waals surface area contributed by atoms with Gasteiger partial charge in [0.1, 0.15) is 18.2 Å². The number of nitrogens with zero attached hydrogens (tertiary/aromatic N) is 2. The minimum Gasteiger partial charge on any atom is -0.467 e. The highest BCUT2D eigenvalue weighted by Gasteiger charge is 2.26. The van der Waals surface area contributed by atoms with Gasteiger partial charge in [-0.15, -0.1) is 0 Å². The van der Waals surface area contributed by atoms with E-state index >= 15 is 0 Å². The number of aryl methyl sites for hydroxylation is 1. The van der Waals surface area contributed by atoms with E-state index in [-0.39, 0.29) is 17.9 Å². The van der Waals surface area contributed by atoms with Crippen molar-refractivity contribution in [1.82, 2.24) is 9.97 Å². The number of fused-ring (bicyclic) bond motifs is 1. The predicted molar refractivity (Wildman–Crippen MR) is 68.3 cm³/mol. The van der Waals surface area contributed by atoms with Gasteiger partial charge < -0.3 is 10.1 Å². The molecule has 1 unspecified atom stereocenters. The molecular weight excluding hydrogens is 230 g/mol. The second kappa shape index (κ2) is 5.33. The first-order chi connectivity index (χ1) is 8.63. The largest absolute Gasteiger partial charge is 0.467 e. The highest BCUT2D eigenvalue weighted by Crippen LogP contribution is 2.26. The molecule has 5 heteroatoms. The van der Waals surface area contributed by atoms with Crippen molar-refractivity contribution >= 4 is 11.8 Å². The molecule has 0 fully saturated rings. The van der Waals surface area contributed by atoms with Gasteiger partial charge in [0.15, 0.2) is 0 Å². The number of hydrogen-bond donors (Lipinski definition) is 1. The van der Waals surface area contributed by atoms with Crippen LogP contribution in [0.15, 0.2) is 6.33 Å². The second-order valence-corrected chi connectivity index (χ2v) is 4.89. The average molecular weight is 249 g/mol. The highest BCUT2D eigenvalue weighted by molar-refractivity contribution is 5.79. The van der Waals surface area contributed by atoms with Crippen LogP contribution in [0, 0.1) is 5.92 Å². The summed E-state index contributed by atoms with van der Waals surface area (Å²) in [7, 11) is 1.41. The molecule has 0 saturated heterocycles. The molecule has 1 N–H and O–H groups in total. The van der Waals surface area contributed by atoms with Crippen LogP contribution in [0.5, 0.6) is 0 Å². The van der Waals surface area contributed by atoms with Crippen LogP contribution in [0.4, 0.5) is 5.82 Å². The number of carbonyl (C=O) groups is 1. The molecule has 18 heavy (non-hydrogen) atoms. The fourth-order valence-corrected chi connectivity index (χ4v) is 2.26. The van der Waals surface area contributed by atoms with E-state index in [1.165, 1.54) is 7.11 Å². The van der Waals surface area contributed by atoms with E-state index in [1.54, 1.807) is 6.33 Å². The van der Waals surface area contributed by atoms with Gasteiger partial charge in [0.2, 0.25) is 0 Å². The van der Waals surface area contributed by atoms with Gasteiger partial charge in [-0.3, -0.25) is 0 Å². The molecule has 0 aliphatic heterocycles. The summed E-state index contributed by atoms with van der Waals surface area (Å²) in [5.41, 5.74) is 2.24. The second-order valence-electron chi connectivity index (χ2n) is 4.89. The summed E-state index contributed by atoms with van der Waals surface area (Å²) >= 11 is 0. The molecule has 0 aromatic carbocycles. The van der Waals surface area contributed by atoms with Crippen molar-refractivity contribution in [1.29, 1.82) is 0 Å². The highest BCUT2D eigenvalue weighted by atomic mass is 16.5. The molecule has 1 aromatic heterocycles. The molecule has 0 spiro atoms. The van der Waals surface area contributed by atoms with E-state index in [2.05, 4.69) is 15.3 Å². The Labute approximate surface area is 107 Å². The third-order valence-electron chi connectivity index (χ3n) is 3.29. The van der Waals surface area contributed by atoms with Crippen LogP contribution in [0.1, 0.15) is 31.5 Å². The molecule has 1 aliphatic carbocycles. The first kappa shape index (κ1) is 12.8. The van der Waals surface area contributed by atoms with Gasteiger partial charge in [0, 0.05) is 11.3 Å². The standard InChI is InChI=1S/C13H19N3O2/c1-8(2)11(13(17)18-3)16-12-9-5-4-6-10(9)14-7-15-12/h7-8,11H,4-6H2,1-3H3,(H,14,15,16). The Morgan fingerprint density at radius 3 is 2.83 bits per heavy atom. The van der Waals surface area contributed by atoms with Gasteiger partial charge in [-0.05, 0) is 25.2 Å². The van der Waals surface area contributed by atoms with Crippen LogP contribution in [-0.4, -0.2) is 29.1 Å². The molecule has 1 aromatic rings. The monoisotopic (exact) mass is 249 g/mol. The van der Waals surface area contributed by atoms with Crippen LogP contribution < -0.4 is 5.32 Å². The minimum absolute atomic E-state index is 0.143. The summed E-state index contributed by atoms with van der Waals surface area (Å²) in [5.74, 6) is 0.668. The van der Waals surface area contributed by atoms with Gasteiger partial charge in [0.25, 0.3) is 0 Å². The van der Waals surface area contributed by atoms with Crippen molar-refractivity contribution in [2.45, 2.75) is 39.2 Å². The van der Waals surface area contributed by atoms with Gasteiger partial charge in [-0.1, -0.05) is 13.8 Å². The molecule has 0 radical (unpaired) electrons. The van der Waals surface area contributed by atoms with Crippen molar-refractivity contribution in [2.75, 3.05) is 12.4 Å². The lowest BCUT2D eigenvalue weighted by Gasteiger charge is -2.21. The predicted octanol–water partition coefficient (Wildman–Crippen LogP) is 1.57. The smallest absolute Gasteiger partial charge is 0.328 e. The maximum absolute atomic E-state index is 11.7. The van der Waals surface area contributed by atoms with Crippen molar-refractivity contribution in [3.63, 3.8) is 0 Å². The number of aromatic nitrogens is 2. The van der Waals surface area contributed by atoms with Crippen LogP contribution in [0.2, 0.25) is 0 Å². The van der Waals surface area contributed by atoms with Gasteiger partial charge in [-0.2, -0.15) is 0 Å². The van der Waals surface area contributed by atoms with Gasteiger partial charge in [0.05, 0.1) is 7.11 Å². The van der Waals surface area contributed by atoms with E-state index in [4.69, 9.17) is 4.74 Å². The zero-order valence-electron chi connectivity index (χ0n) is 11.1. The summed E-state index contributed by atoms with van der Waals surface area (Å²) in [6.45, 7) is 3.96. The SMILES string of the molecule is COC(=O)C(Nc1ncnc2c1CCC2)C(C)C. The Morgan fingerprint density at radius 1 is 1.39 bits per heavy atom. The molecule has 0 saturated carbocycles. The number of esters is 1. The number of anilines is 1. The van der Waals surface area contributed by atoms with E-state index in [9.17, 15) is 4.79 Å². The quantitative estimate of drug-likeness (QED) is 0.821. The number of methoxy groups -OCH3 is 1. The van der Waals surface area contributed by atoms with Crippen LogP contribution in [0.3, 0.4) is 0 Å². The van der Waals surface area contributed by atoms with Crippen molar-refractivity contribution < 1.29 is 9.53 Å². The zero-order valence-corrected chi connectivity index (χ0v) is 11.1. The molecule has 98 valence electrons. The summed E-state index contributed by atoms with van der Waals surface area (Å²) in [6, 6.07) is -0.366. The number of hydrogen-bond acceptors (Lipinski definition) is 5. The Bertz CT molecular complexity index is 446. The molecular formula is C13H19N3O2. The zero-order chi connectivity index (χ0) is 13.1. The molecule has 5 nitrogen and oxygen atoms in total. The lowest BCUT2D eigenvalue weighted by molar-refractivity contribution is -0.142. The van der Waals surface area contributed by atoms with E-state index < -0.39 is 0 Å². The van der Waals surface area contributed by atoms with E-state index in [0.717, 1.165) is 36.3 Å². The number of ether oxygens (including phenoxy) is 1. The lowest BCUT2D eigenvalue weighted by Crippen LogP contribution is -2.36. The third-order valence-corrected chi connectivity index (χ3v) is 3.29. The summed E-state index contributed by atoms with van der Waals surface area (Å²) in [6.07, 6.45) is 4.63. The normalized spacial score (nSPS) is 15.3. The first-order valence-corrected chi connectivity index (χ1v) is 6.30. The molecule has 0 bridgehead atoms. The molecule has 0 amide bonds. The summed E-state index contributed by atoms with van der Waals surface area (Å²) in [5, 5.41) is 3.20. The third kappa shape index (κ3) is 2.44. The topological polar surface area (TPSA) is 64.1 Å². The van der Waals surface area contributed by atoms with E-state index in [1.807, 2.05) is 13.8 Å². The fraction of sp³-hybridized carbons (Fsp3) is 0.615. The molecule has 1 atom stereocenters. The van der Waals surface area contributed by atoms with Crippen molar-refractivity contribution in [3.05, 3.63) is 17.6 Å². The fourth-order valence-electron chi connectivity index (χ4n) is 2.26. The Morgan fingerprint density at radius 2 is 2.17 bits per heavy atom. The number of nitrogens with one attached hydrogen (secondary N) is 1. The number of carbonyl (C=O) groups excluding carboxylic acids is 1. The first-order valence-electron chi connectivity index (χ1n) is 6.30. The minimum atomic E-state index is -0.366. The lowest BCUT2D eigenvalue weighted by atomic mass is 10.0. The maximum Gasteiger partial charge on any atom is 0.328 e. The van der Waals surface area contributed by atoms with Crippen molar-refractivity contribution in [3.8, 4) is 0 Å². The summed E-state index contributed by atoms with van der Waals surface area (Å²) < 4.78 is 4.82.